The normalized spacial score (nSPS) is 18.1. The van der Waals surface area contributed by atoms with Crippen LogP contribution in [-0.4, -0.2) is 12.3 Å². The molecule has 1 aliphatic heterocycles. The Morgan fingerprint density at radius 2 is 2.31 bits per heavy atom. The molecule has 4 heteroatoms. The first-order valence-electron chi connectivity index (χ1n) is 4.01. The van der Waals surface area contributed by atoms with E-state index in [0.29, 0.717) is 18.8 Å². The Kier molecular flexibility index (Phi) is 1.88. The molecule has 0 aromatic heterocycles. The molecular formula is C9H9FN2O. The van der Waals surface area contributed by atoms with Crippen molar-refractivity contribution in [3.05, 3.63) is 29.6 Å². The zero-order chi connectivity index (χ0) is 9.26. The van der Waals surface area contributed by atoms with E-state index < -0.39 is 0 Å². The van der Waals surface area contributed by atoms with Gasteiger partial charge in [-0.3, -0.25) is 0 Å². The third-order valence-corrected chi connectivity index (χ3v) is 2.01. The molecule has 13 heavy (non-hydrogen) atoms. The molecule has 1 aromatic carbocycles. The van der Waals surface area contributed by atoms with Crippen LogP contribution in [0.5, 0.6) is 5.75 Å². The maximum Gasteiger partial charge on any atom is 0.131 e. The van der Waals surface area contributed by atoms with Crippen LogP contribution in [0.1, 0.15) is 12.0 Å². The highest BCUT2D eigenvalue weighted by atomic mass is 19.1. The topological polar surface area (TPSA) is 47.6 Å². The van der Waals surface area contributed by atoms with Crippen LogP contribution in [0, 0.1) is 5.82 Å². The van der Waals surface area contributed by atoms with E-state index in [1.807, 2.05) is 0 Å². The van der Waals surface area contributed by atoms with Gasteiger partial charge in [-0.15, -0.1) is 0 Å². The molecule has 3 nitrogen and oxygen atoms in total. The molecule has 0 bridgehead atoms. The van der Waals surface area contributed by atoms with E-state index in [2.05, 4.69) is 5.10 Å². The van der Waals surface area contributed by atoms with Crippen molar-refractivity contribution in [2.75, 3.05) is 6.61 Å². The largest absolute Gasteiger partial charge is 0.492 e. The number of hydrogen-bond acceptors (Lipinski definition) is 3. The second-order valence-corrected chi connectivity index (χ2v) is 2.81. The second kappa shape index (κ2) is 3.05. The molecule has 1 aromatic rings. The van der Waals surface area contributed by atoms with Crippen LogP contribution in [0.15, 0.2) is 23.3 Å². The average molecular weight is 180 g/mol. The highest BCUT2D eigenvalue weighted by Gasteiger charge is 2.16. The molecule has 0 aliphatic carbocycles. The number of halogens is 1. The first kappa shape index (κ1) is 8.04. The number of nitrogens with two attached hydrogens (primary N) is 1. The molecule has 0 radical (unpaired) electrons. The summed E-state index contributed by atoms with van der Waals surface area (Å²) in [5.41, 5.74) is 1.55. The lowest BCUT2D eigenvalue weighted by Gasteiger charge is -2.17. The van der Waals surface area contributed by atoms with Gasteiger partial charge < -0.3 is 10.6 Å². The fourth-order valence-corrected chi connectivity index (χ4v) is 1.38. The zero-order valence-corrected chi connectivity index (χ0v) is 6.96. The van der Waals surface area contributed by atoms with Gasteiger partial charge in [-0.05, 0) is 12.1 Å². The number of benzene rings is 1. The maximum absolute atomic E-state index is 12.8. The van der Waals surface area contributed by atoms with E-state index >= 15 is 0 Å². The van der Waals surface area contributed by atoms with Crippen molar-refractivity contribution in [3.63, 3.8) is 0 Å². The summed E-state index contributed by atoms with van der Waals surface area (Å²) in [5.74, 6) is 5.41. The molecule has 1 aliphatic rings. The van der Waals surface area contributed by atoms with Crippen LogP contribution < -0.4 is 10.6 Å². The molecule has 68 valence electrons. The Labute approximate surface area is 75.0 Å². The summed E-state index contributed by atoms with van der Waals surface area (Å²) in [6, 6.07) is 4.36. The Bertz CT molecular complexity index is 363. The van der Waals surface area contributed by atoms with E-state index in [1.165, 1.54) is 12.1 Å². The third-order valence-electron chi connectivity index (χ3n) is 2.01. The standard InChI is InChI=1S/C9H9FN2O/c10-6-1-2-7-8(12-11)3-4-13-9(7)5-6/h1-2,5H,3-4,11H2. The summed E-state index contributed by atoms with van der Waals surface area (Å²) in [6.07, 6.45) is 0.676. The molecule has 0 saturated carbocycles. The van der Waals surface area contributed by atoms with Crippen molar-refractivity contribution in [2.24, 2.45) is 10.9 Å². The minimum atomic E-state index is -0.308. The van der Waals surface area contributed by atoms with E-state index in [9.17, 15) is 4.39 Å². The van der Waals surface area contributed by atoms with Crippen molar-refractivity contribution < 1.29 is 9.13 Å². The van der Waals surface area contributed by atoms with Gasteiger partial charge in [0.25, 0.3) is 0 Å². The molecule has 0 spiro atoms. The molecule has 1 heterocycles. The van der Waals surface area contributed by atoms with Gasteiger partial charge >= 0.3 is 0 Å². The van der Waals surface area contributed by atoms with Gasteiger partial charge in [0.2, 0.25) is 0 Å². The van der Waals surface area contributed by atoms with Gasteiger partial charge in [0, 0.05) is 18.1 Å². The fourth-order valence-electron chi connectivity index (χ4n) is 1.38. The van der Waals surface area contributed by atoms with E-state index in [4.69, 9.17) is 10.6 Å². The van der Waals surface area contributed by atoms with Crippen LogP contribution in [-0.2, 0) is 0 Å². The number of hydrazone groups is 1. The number of rotatable bonds is 0. The highest BCUT2D eigenvalue weighted by Crippen LogP contribution is 2.25. The van der Waals surface area contributed by atoms with Gasteiger partial charge in [0.15, 0.2) is 0 Å². The number of hydrogen-bond donors (Lipinski definition) is 1. The molecule has 2 rings (SSSR count). The van der Waals surface area contributed by atoms with E-state index in [-0.39, 0.29) is 5.82 Å². The Balaban J connectivity index is 2.52. The van der Waals surface area contributed by atoms with E-state index in [1.54, 1.807) is 6.07 Å². The molecular weight excluding hydrogens is 171 g/mol. The smallest absolute Gasteiger partial charge is 0.131 e. The first-order chi connectivity index (χ1) is 6.31. The van der Waals surface area contributed by atoms with E-state index in [0.717, 1.165) is 11.3 Å². The molecule has 0 unspecified atom stereocenters. The lowest BCUT2D eigenvalue weighted by Crippen LogP contribution is -2.17. The van der Waals surface area contributed by atoms with Crippen LogP contribution in [0.25, 0.3) is 0 Å². The van der Waals surface area contributed by atoms with Crippen molar-refractivity contribution in [1.82, 2.24) is 0 Å². The minimum Gasteiger partial charge on any atom is -0.492 e. The Hall–Kier alpha value is -1.58. The number of fused-ring (bicyclic) bond motifs is 1. The summed E-state index contributed by atoms with van der Waals surface area (Å²) in [7, 11) is 0. The maximum atomic E-state index is 12.8. The third kappa shape index (κ3) is 1.35. The Morgan fingerprint density at radius 3 is 3.08 bits per heavy atom. The van der Waals surface area contributed by atoms with Crippen LogP contribution >= 0.6 is 0 Å². The van der Waals surface area contributed by atoms with Crippen molar-refractivity contribution in [1.29, 1.82) is 0 Å². The molecule has 2 N–H and O–H groups in total. The van der Waals surface area contributed by atoms with Crippen molar-refractivity contribution in [2.45, 2.75) is 6.42 Å². The van der Waals surface area contributed by atoms with Crippen LogP contribution in [0.3, 0.4) is 0 Å². The van der Waals surface area contributed by atoms with Crippen LogP contribution in [0.2, 0.25) is 0 Å². The summed E-state index contributed by atoms with van der Waals surface area (Å²) >= 11 is 0. The number of ether oxygens (including phenoxy) is 1. The number of nitrogens with zero attached hydrogens (tertiary/aromatic N) is 1. The lowest BCUT2D eigenvalue weighted by molar-refractivity contribution is 0.318. The predicted octanol–water partition coefficient (Wildman–Crippen LogP) is 1.27. The SMILES string of the molecule is NN=C1CCOc2cc(F)ccc21. The monoisotopic (exact) mass is 180 g/mol. The van der Waals surface area contributed by atoms with Crippen LogP contribution in [0.4, 0.5) is 4.39 Å². The lowest BCUT2D eigenvalue weighted by atomic mass is 10.0. The van der Waals surface area contributed by atoms with Gasteiger partial charge in [0.05, 0.1) is 12.3 Å². The van der Waals surface area contributed by atoms with Crippen molar-refractivity contribution in [3.8, 4) is 5.75 Å². The molecule has 0 fully saturated rings. The zero-order valence-electron chi connectivity index (χ0n) is 6.96. The second-order valence-electron chi connectivity index (χ2n) is 2.81. The van der Waals surface area contributed by atoms with Gasteiger partial charge in [0.1, 0.15) is 11.6 Å². The quantitative estimate of drug-likeness (QED) is 0.482. The van der Waals surface area contributed by atoms with Crippen molar-refractivity contribution >= 4 is 5.71 Å². The first-order valence-corrected chi connectivity index (χ1v) is 4.01. The molecule has 0 saturated heterocycles. The van der Waals surface area contributed by atoms with Gasteiger partial charge in [-0.2, -0.15) is 5.10 Å². The summed E-state index contributed by atoms with van der Waals surface area (Å²) in [5, 5.41) is 3.63. The highest BCUT2D eigenvalue weighted by molar-refractivity contribution is 6.03. The summed E-state index contributed by atoms with van der Waals surface area (Å²) in [4.78, 5) is 0. The Morgan fingerprint density at radius 1 is 1.46 bits per heavy atom. The molecule has 0 amide bonds. The average Bonchev–Trinajstić information content (AvgIpc) is 2.16. The minimum absolute atomic E-state index is 0.308. The van der Waals surface area contributed by atoms with Gasteiger partial charge in [-0.1, -0.05) is 0 Å². The summed E-state index contributed by atoms with van der Waals surface area (Å²) < 4.78 is 18.0. The van der Waals surface area contributed by atoms with Gasteiger partial charge in [-0.25, -0.2) is 4.39 Å². The molecule has 0 atom stereocenters. The summed E-state index contributed by atoms with van der Waals surface area (Å²) in [6.45, 7) is 0.506. The predicted molar refractivity (Wildman–Crippen MR) is 47.2 cm³/mol. The fraction of sp³-hybridized carbons (Fsp3) is 0.222.